The number of Topliss-reactive ketones (excluding diaryl/α,β-unsaturated/α-hetero) is 1. The van der Waals surface area contributed by atoms with E-state index in [1.807, 2.05) is 47.4 Å². The van der Waals surface area contributed by atoms with Crippen molar-refractivity contribution in [2.24, 2.45) is 9.39 Å². The predicted octanol–water partition coefficient (Wildman–Crippen LogP) is -0.492. The van der Waals surface area contributed by atoms with Crippen LogP contribution in [0.3, 0.4) is 0 Å². The molecule has 2 atom stereocenters. The van der Waals surface area contributed by atoms with Crippen LogP contribution in [0.4, 0.5) is 11.4 Å². The number of carbonyl (C=O) groups is 1. The summed E-state index contributed by atoms with van der Waals surface area (Å²) in [6.45, 7) is 0. The van der Waals surface area contributed by atoms with Gasteiger partial charge in [-0.1, -0.05) is 30.3 Å². The van der Waals surface area contributed by atoms with E-state index < -0.39 is 0 Å². The number of nitrogens with zero attached hydrogens (tertiary/aromatic N) is 3. The molecule has 3 aliphatic heterocycles. The molecule has 5 nitrogen and oxygen atoms in total. The van der Waals surface area contributed by atoms with Crippen molar-refractivity contribution in [3.8, 4) is 0 Å². The molecule has 0 aromatic heterocycles. The van der Waals surface area contributed by atoms with Gasteiger partial charge in [-0.2, -0.15) is 0 Å². The first kappa shape index (κ1) is 17.1. The normalized spacial score (nSPS) is 23.7. The number of aliphatic imine (C=N–C) groups is 1. The minimum atomic E-state index is -0.334. The fourth-order valence-corrected chi connectivity index (χ4v) is 4.29. The summed E-state index contributed by atoms with van der Waals surface area (Å²) < 4.78 is 4.75. The number of hydrogen-bond donors (Lipinski definition) is 1. The molecule has 0 aliphatic carbocycles. The molecule has 0 radical (unpaired) electrons. The van der Waals surface area contributed by atoms with Crippen molar-refractivity contribution < 1.29 is 17.2 Å². The van der Waals surface area contributed by atoms with Gasteiger partial charge in [-0.3, -0.25) is 9.69 Å². The average molecular weight is 385 g/mol. The lowest BCUT2D eigenvalue weighted by atomic mass is 9.96. The Morgan fingerprint density at radius 1 is 1.08 bits per heavy atom. The van der Waals surface area contributed by atoms with Crippen LogP contribution in [0, 0.1) is 0 Å². The Hall–Kier alpha value is -2.31. The zero-order chi connectivity index (χ0) is 17.1. The lowest BCUT2D eigenvalue weighted by Crippen LogP contribution is -3.00. The zero-order valence-corrected chi connectivity index (χ0v) is 15.9. The van der Waals surface area contributed by atoms with Gasteiger partial charge < -0.3 is 17.7 Å². The summed E-state index contributed by atoms with van der Waals surface area (Å²) in [5.74, 6) is 0.773. The number of fused-ring (bicyclic) bond motifs is 7. The van der Waals surface area contributed by atoms with Crippen molar-refractivity contribution in [1.82, 2.24) is 0 Å². The monoisotopic (exact) mass is 384 g/mol. The van der Waals surface area contributed by atoms with Gasteiger partial charge >= 0.3 is 0 Å². The highest BCUT2D eigenvalue weighted by atomic mass is 35.5. The van der Waals surface area contributed by atoms with Crippen LogP contribution in [0.15, 0.2) is 57.9 Å². The first-order valence-electron chi connectivity index (χ1n) is 8.18. The van der Waals surface area contributed by atoms with Gasteiger partial charge in [0, 0.05) is 16.8 Å². The van der Waals surface area contributed by atoms with E-state index in [0.29, 0.717) is 5.96 Å². The molecule has 1 N–H and O–H groups in total. The molecule has 0 saturated carbocycles. The first-order chi connectivity index (χ1) is 12.1. The maximum Gasteiger partial charge on any atom is 0.279 e. The summed E-state index contributed by atoms with van der Waals surface area (Å²) in [6.07, 6.45) is 4.11. The summed E-state index contributed by atoms with van der Waals surface area (Å²) in [5.41, 5.74) is 4.67. The molecule has 0 bridgehead atoms. The van der Waals surface area contributed by atoms with E-state index in [2.05, 4.69) is 23.9 Å². The molecule has 5 rings (SSSR count). The Kier molecular flexibility index (Phi) is 4.04. The van der Waals surface area contributed by atoms with E-state index in [0.717, 1.165) is 28.2 Å². The molecule has 2 aromatic carbocycles. The van der Waals surface area contributed by atoms with Gasteiger partial charge in [0.25, 0.3) is 5.96 Å². The number of anilines is 2. The van der Waals surface area contributed by atoms with Crippen LogP contribution in [0.5, 0.6) is 0 Å². The number of halogens is 1. The molecule has 0 amide bonds. The Balaban J connectivity index is 0.00000168. The third-order valence-electron chi connectivity index (χ3n) is 4.80. The predicted molar refractivity (Wildman–Crippen MR) is 104 cm³/mol. The third-order valence-corrected chi connectivity index (χ3v) is 5.33. The Morgan fingerprint density at radius 3 is 2.54 bits per heavy atom. The number of rotatable bonds is 1. The summed E-state index contributed by atoms with van der Waals surface area (Å²) in [6, 6.07) is 15.4. The molecule has 26 heavy (non-hydrogen) atoms. The third kappa shape index (κ3) is 2.29. The van der Waals surface area contributed by atoms with Gasteiger partial charge in [-0.25, -0.2) is 4.99 Å². The summed E-state index contributed by atoms with van der Waals surface area (Å²) >= 11 is -0.169. The lowest BCUT2D eigenvalue weighted by molar-refractivity contribution is -0.0000127. The lowest BCUT2D eigenvalue weighted by Gasteiger charge is -2.33. The van der Waals surface area contributed by atoms with Crippen molar-refractivity contribution in [2.75, 3.05) is 22.7 Å². The van der Waals surface area contributed by atoms with Gasteiger partial charge in [-0.05, 0) is 22.6 Å². The van der Waals surface area contributed by atoms with E-state index in [-0.39, 0.29) is 41.4 Å². The molecule has 0 spiro atoms. The molecule has 3 heterocycles. The van der Waals surface area contributed by atoms with Gasteiger partial charge in [0.2, 0.25) is 0 Å². The average Bonchev–Trinajstić information content (AvgIpc) is 3.11. The first-order valence-corrected chi connectivity index (χ1v) is 10.2. The number of carbonyl (C=O) groups excluding carboxylic acids is 1. The Morgan fingerprint density at radius 2 is 1.77 bits per heavy atom. The molecule has 3 aliphatic rings. The topological polar surface area (TPSA) is 57.1 Å². The van der Waals surface area contributed by atoms with Crippen molar-refractivity contribution >= 4 is 39.9 Å². The molecule has 132 valence electrons. The minimum Gasteiger partial charge on any atom is -1.00 e. The molecule has 2 aromatic rings. The smallest absolute Gasteiger partial charge is 0.279 e. The van der Waals surface area contributed by atoms with Crippen molar-refractivity contribution in [3.05, 3.63) is 59.7 Å². The number of nitrogens with one attached hydrogen (secondary N) is 1. The largest absolute Gasteiger partial charge is 1.00 e. The second kappa shape index (κ2) is 6.14. The van der Waals surface area contributed by atoms with E-state index in [1.54, 1.807) is 0 Å². The molecule has 7 heteroatoms. The van der Waals surface area contributed by atoms with E-state index in [9.17, 15) is 4.79 Å². The van der Waals surface area contributed by atoms with Crippen molar-refractivity contribution in [3.63, 3.8) is 0 Å². The summed E-state index contributed by atoms with van der Waals surface area (Å²) in [4.78, 5) is 20.1. The zero-order valence-electron chi connectivity index (χ0n) is 14.3. The second-order valence-corrected chi connectivity index (χ2v) is 8.25. The molecular formula is C19H17ClN4OS. The quantitative estimate of drug-likeness (QED) is 0.675. The number of guanidine groups is 1. The van der Waals surface area contributed by atoms with Crippen LogP contribution in [0.25, 0.3) is 0 Å². The maximum absolute atomic E-state index is 13.2. The van der Waals surface area contributed by atoms with Crippen LogP contribution in [-0.4, -0.2) is 42.0 Å². The molecule has 2 unspecified atom stereocenters. The van der Waals surface area contributed by atoms with E-state index in [4.69, 9.17) is 9.39 Å². The fourth-order valence-electron chi connectivity index (χ4n) is 3.83. The molecule has 0 saturated heterocycles. The highest BCUT2D eigenvalue weighted by molar-refractivity contribution is 7.94. The van der Waals surface area contributed by atoms with Crippen molar-refractivity contribution in [2.45, 2.75) is 12.1 Å². The summed E-state index contributed by atoms with van der Waals surface area (Å²) in [5, 5.41) is 3.50. The Labute approximate surface area is 161 Å². The van der Waals surface area contributed by atoms with Gasteiger partial charge in [0.1, 0.15) is 29.6 Å². The molecular weight excluding hydrogens is 368 g/mol. The Bertz CT molecular complexity index is 972. The number of para-hydroxylation sites is 2. The highest BCUT2D eigenvalue weighted by Gasteiger charge is 2.51. The minimum absolute atomic E-state index is 0. The van der Waals surface area contributed by atoms with E-state index >= 15 is 0 Å². The molecule has 0 fully saturated rings. The van der Waals surface area contributed by atoms with Crippen molar-refractivity contribution in [1.29, 1.82) is 0 Å². The highest BCUT2D eigenvalue weighted by Crippen LogP contribution is 2.41. The number of benzene rings is 2. The van der Waals surface area contributed by atoms with Crippen LogP contribution >= 0.6 is 0 Å². The van der Waals surface area contributed by atoms with Crippen LogP contribution in [0.1, 0.15) is 15.9 Å². The van der Waals surface area contributed by atoms with Crippen LogP contribution in [-0.2, 0) is 11.1 Å². The standard InChI is InChI=1S/C19H17N4OS.ClH/c1-25(2)22-19-21-15-11-7-3-5-9-13(11)20-16(15)17-18(24)12-8-4-6-10-14(12)23(17)19;/h3-10,16-17,20H,1-2H3;1H/q+1;/p-1/b22-19+;. The summed E-state index contributed by atoms with van der Waals surface area (Å²) in [7, 11) is 0. The van der Waals surface area contributed by atoms with E-state index in [1.165, 1.54) is 0 Å². The van der Waals surface area contributed by atoms with Crippen LogP contribution < -0.4 is 22.6 Å². The fraction of sp³-hybridized carbons (Fsp3) is 0.211. The maximum atomic E-state index is 13.2. The number of hydrogen-bond acceptors (Lipinski definition) is 3. The van der Waals surface area contributed by atoms with Gasteiger partial charge in [-0.15, -0.1) is 0 Å². The van der Waals surface area contributed by atoms with Gasteiger partial charge in [0.15, 0.2) is 5.78 Å². The number of ketones is 1. The van der Waals surface area contributed by atoms with Crippen LogP contribution in [0.2, 0.25) is 0 Å². The SMILES string of the molecule is C[S+](C)/N=C1\N=C2c3ccccc3NC2C2C(=O)c3ccccc3N12.[Cl-]. The second-order valence-electron chi connectivity index (χ2n) is 6.53. The van der Waals surface area contributed by atoms with Gasteiger partial charge in [0.05, 0.1) is 17.4 Å².